The highest BCUT2D eigenvalue weighted by atomic mass is 19.4. The zero-order chi connectivity index (χ0) is 17.7. The Hall–Kier alpha value is -1.73. The summed E-state index contributed by atoms with van der Waals surface area (Å²) in [5.41, 5.74) is 1.65. The summed E-state index contributed by atoms with van der Waals surface area (Å²) in [5.74, 6) is 0.314. The lowest BCUT2D eigenvalue weighted by Crippen LogP contribution is -2.45. The van der Waals surface area contributed by atoms with E-state index in [2.05, 4.69) is 21.5 Å². The van der Waals surface area contributed by atoms with Crippen molar-refractivity contribution in [2.75, 3.05) is 33.3 Å². The lowest BCUT2D eigenvalue weighted by Gasteiger charge is -2.36. The number of halogens is 3. The van der Waals surface area contributed by atoms with E-state index < -0.39 is 6.36 Å². The topological polar surface area (TPSA) is 33.7 Å². The zero-order valence-corrected chi connectivity index (χ0v) is 13.9. The molecule has 0 aromatic heterocycles. The molecule has 24 heavy (non-hydrogen) atoms. The van der Waals surface area contributed by atoms with Gasteiger partial charge in [0, 0.05) is 37.8 Å². The quantitative estimate of drug-likeness (QED) is 0.801. The fourth-order valence-electron chi connectivity index (χ4n) is 2.93. The summed E-state index contributed by atoms with van der Waals surface area (Å²) in [6.45, 7) is 9.18. The van der Waals surface area contributed by atoms with Gasteiger partial charge in [-0.05, 0) is 31.5 Å². The fourth-order valence-corrected chi connectivity index (χ4v) is 2.93. The maximum absolute atomic E-state index is 12.5. The minimum atomic E-state index is -4.72. The van der Waals surface area contributed by atoms with Crippen molar-refractivity contribution in [3.05, 3.63) is 35.9 Å². The molecule has 0 unspecified atom stereocenters. The SMILES string of the molecule is C=C(C)C[C@H](c1cc(OC(F)(F)F)ccc1OC)N1CCNCC1. The van der Waals surface area contributed by atoms with Crippen LogP contribution in [0.3, 0.4) is 0 Å². The van der Waals surface area contributed by atoms with E-state index >= 15 is 0 Å². The van der Waals surface area contributed by atoms with Crippen LogP contribution < -0.4 is 14.8 Å². The normalized spacial score (nSPS) is 17.4. The summed E-state index contributed by atoms with van der Waals surface area (Å²) < 4.78 is 47.1. The Labute approximate surface area is 140 Å². The van der Waals surface area contributed by atoms with Gasteiger partial charge in [-0.25, -0.2) is 0 Å². The standard InChI is InChI=1S/C17H23F3N2O2/c1-12(2)10-15(22-8-6-21-7-9-22)14-11-13(24-17(18,19)20)4-5-16(14)23-3/h4-5,11,15,21H,1,6-10H2,2-3H3/t15-/m1/s1. The first-order chi connectivity index (χ1) is 11.3. The number of ether oxygens (including phenoxy) is 2. The first-order valence-corrected chi connectivity index (χ1v) is 7.83. The van der Waals surface area contributed by atoms with Gasteiger partial charge in [0.15, 0.2) is 0 Å². The van der Waals surface area contributed by atoms with E-state index in [1.807, 2.05) is 6.92 Å². The largest absolute Gasteiger partial charge is 0.573 e. The van der Waals surface area contributed by atoms with Crippen molar-refractivity contribution in [2.45, 2.75) is 25.7 Å². The van der Waals surface area contributed by atoms with Crippen LogP contribution in [0.25, 0.3) is 0 Å². The Bertz CT molecular complexity index is 569. The van der Waals surface area contributed by atoms with Crippen molar-refractivity contribution in [2.24, 2.45) is 0 Å². The Kier molecular flexibility index (Phi) is 6.12. The van der Waals surface area contributed by atoms with E-state index in [0.717, 1.165) is 31.8 Å². The van der Waals surface area contributed by atoms with Crippen LogP contribution in [0.4, 0.5) is 13.2 Å². The Morgan fingerprint density at radius 3 is 2.54 bits per heavy atom. The van der Waals surface area contributed by atoms with E-state index in [9.17, 15) is 13.2 Å². The molecule has 134 valence electrons. The Morgan fingerprint density at radius 1 is 1.33 bits per heavy atom. The average molecular weight is 344 g/mol. The second-order valence-electron chi connectivity index (χ2n) is 5.91. The van der Waals surface area contributed by atoms with Crippen LogP contribution >= 0.6 is 0 Å². The molecule has 0 aliphatic carbocycles. The molecule has 1 aromatic carbocycles. The average Bonchev–Trinajstić information content (AvgIpc) is 2.52. The molecule has 1 fully saturated rings. The van der Waals surface area contributed by atoms with Crippen LogP contribution in [0.5, 0.6) is 11.5 Å². The first kappa shape index (κ1) is 18.6. The van der Waals surface area contributed by atoms with Crippen LogP contribution in [-0.4, -0.2) is 44.6 Å². The summed E-state index contributed by atoms with van der Waals surface area (Å²) in [4.78, 5) is 2.24. The summed E-state index contributed by atoms with van der Waals surface area (Å²) in [6.07, 6.45) is -4.07. The summed E-state index contributed by atoms with van der Waals surface area (Å²) in [7, 11) is 1.51. The van der Waals surface area contributed by atoms with Crippen molar-refractivity contribution in [3.8, 4) is 11.5 Å². The molecular formula is C17H23F3N2O2. The van der Waals surface area contributed by atoms with Gasteiger partial charge in [0.25, 0.3) is 0 Å². The minimum Gasteiger partial charge on any atom is -0.496 e. The van der Waals surface area contributed by atoms with E-state index in [1.165, 1.54) is 25.3 Å². The van der Waals surface area contributed by atoms with Gasteiger partial charge < -0.3 is 14.8 Å². The number of hydrogen-bond donors (Lipinski definition) is 1. The lowest BCUT2D eigenvalue weighted by atomic mass is 9.96. The fraction of sp³-hybridized carbons (Fsp3) is 0.529. The highest BCUT2D eigenvalue weighted by Gasteiger charge is 2.32. The molecular weight excluding hydrogens is 321 g/mol. The van der Waals surface area contributed by atoms with Crippen LogP contribution in [0.15, 0.2) is 30.4 Å². The third-order valence-electron chi connectivity index (χ3n) is 3.93. The summed E-state index contributed by atoms with van der Waals surface area (Å²) in [5, 5.41) is 3.28. The monoisotopic (exact) mass is 344 g/mol. The minimum absolute atomic E-state index is 0.101. The molecule has 0 saturated carbocycles. The predicted octanol–water partition coefficient (Wildman–Crippen LogP) is 3.51. The van der Waals surface area contributed by atoms with Crippen molar-refractivity contribution >= 4 is 0 Å². The van der Waals surface area contributed by atoms with Gasteiger partial charge in [0.2, 0.25) is 0 Å². The summed E-state index contributed by atoms with van der Waals surface area (Å²) in [6, 6.07) is 4.11. The van der Waals surface area contributed by atoms with Crippen LogP contribution in [0, 0.1) is 0 Å². The van der Waals surface area contributed by atoms with Gasteiger partial charge in [-0.15, -0.1) is 19.8 Å². The number of rotatable bonds is 6. The first-order valence-electron chi connectivity index (χ1n) is 7.83. The molecule has 2 rings (SSSR count). The van der Waals surface area contributed by atoms with E-state index in [1.54, 1.807) is 0 Å². The summed E-state index contributed by atoms with van der Waals surface area (Å²) >= 11 is 0. The molecule has 1 atom stereocenters. The molecule has 7 heteroatoms. The Balaban J connectivity index is 2.37. The highest BCUT2D eigenvalue weighted by Crippen LogP contribution is 2.37. The molecule has 0 radical (unpaired) electrons. The molecule has 1 aliphatic rings. The van der Waals surface area contributed by atoms with Crippen LogP contribution in [0.2, 0.25) is 0 Å². The van der Waals surface area contributed by atoms with Crippen molar-refractivity contribution in [3.63, 3.8) is 0 Å². The van der Waals surface area contributed by atoms with E-state index in [0.29, 0.717) is 17.7 Å². The van der Waals surface area contributed by atoms with E-state index in [4.69, 9.17) is 4.74 Å². The molecule has 0 spiro atoms. The van der Waals surface area contributed by atoms with Gasteiger partial charge >= 0.3 is 6.36 Å². The second-order valence-corrected chi connectivity index (χ2v) is 5.91. The predicted molar refractivity (Wildman–Crippen MR) is 86.3 cm³/mol. The maximum Gasteiger partial charge on any atom is 0.573 e. The van der Waals surface area contributed by atoms with Crippen molar-refractivity contribution in [1.82, 2.24) is 10.2 Å². The molecule has 0 amide bonds. The van der Waals surface area contributed by atoms with Crippen molar-refractivity contribution in [1.29, 1.82) is 0 Å². The number of nitrogens with zero attached hydrogens (tertiary/aromatic N) is 1. The smallest absolute Gasteiger partial charge is 0.496 e. The molecule has 1 saturated heterocycles. The highest BCUT2D eigenvalue weighted by molar-refractivity contribution is 5.43. The third-order valence-corrected chi connectivity index (χ3v) is 3.93. The molecule has 1 aromatic rings. The Morgan fingerprint density at radius 2 is 2.00 bits per heavy atom. The number of nitrogens with one attached hydrogen (secondary N) is 1. The van der Waals surface area contributed by atoms with Gasteiger partial charge in [0.05, 0.1) is 7.11 Å². The van der Waals surface area contributed by atoms with Gasteiger partial charge in [-0.3, -0.25) is 4.90 Å². The van der Waals surface area contributed by atoms with Crippen LogP contribution in [0.1, 0.15) is 24.9 Å². The molecule has 1 aliphatic heterocycles. The molecule has 4 nitrogen and oxygen atoms in total. The lowest BCUT2D eigenvalue weighted by molar-refractivity contribution is -0.274. The molecule has 0 bridgehead atoms. The van der Waals surface area contributed by atoms with Gasteiger partial charge in [-0.2, -0.15) is 0 Å². The van der Waals surface area contributed by atoms with Gasteiger partial charge in [0.1, 0.15) is 11.5 Å². The maximum atomic E-state index is 12.5. The number of alkyl halides is 3. The second kappa shape index (κ2) is 7.90. The zero-order valence-electron chi connectivity index (χ0n) is 13.9. The number of piperazine rings is 1. The third kappa shape index (κ3) is 5.14. The van der Waals surface area contributed by atoms with Crippen molar-refractivity contribution < 1.29 is 22.6 Å². The molecule has 1 N–H and O–H groups in total. The number of methoxy groups -OCH3 is 1. The van der Waals surface area contributed by atoms with Gasteiger partial charge in [-0.1, -0.05) is 5.57 Å². The molecule has 1 heterocycles. The number of benzene rings is 1. The van der Waals surface area contributed by atoms with E-state index in [-0.39, 0.29) is 11.8 Å². The van der Waals surface area contributed by atoms with Crippen LogP contribution in [-0.2, 0) is 0 Å². The number of hydrogen-bond acceptors (Lipinski definition) is 4.